The van der Waals surface area contributed by atoms with E-state index in [4.69, 9.17) is 0 Å². The van der Waals surface area contributed by atoms with E-state index in [0.29, 0.717) is 5.92 Å². The third kappa shape index (κ3) is 3.05. The fraction of sp³-hybridized carbons (Fsp3) is 0.412. The van der Waals surface area contributed by atoms with Crippen molar-refractivity contribution in [3.63, 3.8) is 0 Å². The van der Waals surface area contributed by atoms with Crippen molar-refractivity contribution in [1.29, 1.82) is 0 Å². The van der Waals surface area contributed by atoms with Crippen LogP contribution in [0.5, 0.6) is 0 Å². The maximum atomic E-state index is 3.51. The molecule has 1 aromatic heterocycles. The second kappa shape index (κ2) is 6.42. The van der Waals surface area contributed by atoms with Crippen molar-refractivity contribution in [2.24, 2.45) is 0 Å². The summed E-state index contributed by atoms with van der Waals surface area (Å²) in [6.07, 6.45) is 1.23. The molecule has 0 aliphatic carbocycles. The van der Waals surface area contributed by atoms with E-state index < -0.39 is 0 Å². The van der Waals surface area contributed by atoms with Crippen LogP contribution in [-0.2, 0) is 6.54 Å². The third-order valence-electron chi connectivity index (χ3n) is 4.09. The number of hydrogen-bond acceptors (Lipinski definition) is 3. The Hall–Kier alpha value is -1.32. The Morgan fingerprint density at radius 1 is 1.25 bits per heavy atom. The summed E-state index contributed by atoms with van der Waals surface area (Å²) in [7, 11) is 0. The average Bonchev–Trinajstić information content (AvgIpc) is 3.00. The maximum absolute atomic E-state index is 3.51. The van der Waals surface area contributed by atoms with Crippen molar-refractivity contribution >= 4 is 17.0 Å². The van der Waals surface area contributed by atoms with Gasteiger partial charge in [-0.25, -0.2) is 0 Å². The van der Waals surface area contributed by atoms with Crippen molar-refractivity contribution in [2.45, 2.75) is 25.8 Å². The number of para-hydroxylation sites is 1. The molecule has 2 heterocycles. The van der Waals surface area contributed by atoms with Gasteiger partial charge in [0.25, 0.3) is 0 Å². The highest BCUT2D eigenvalue weighted by atomic mass is 32.1. The van der Waals surface area contributed by atoms with E-state index in [2.05, 4.69) is 58.9 Å². The number of nitrogens with zero attached hydrogens (tertiary/aromatic N) is 1. The lowest BCUT2D eigenvalue weighted by molar-refractivity contribution is 0.258. The Labute approximate surface area is 125 Å². The molecule has 20 heavy (non-hydrogen) atoms. The fourth-order valence-corrected chi connectivity index (χ4v) is 3.73. The van der Waals surface area contributed by atoms with E-state index in [1.54, 1.807) is 0 Å². The summed E-state index contributed by atoms with van der Waals surface area (Å²) in [6, 6.07) is 13.2. The lowest BCUT2D eigenvalue weighted by Gasteiger charge is -2.31. The van der Waals surface area contributed by atoms with Crippen molar-refractivity contribution in [2.75, 3.05) is 25.0 Å². The first-order chi connectivity index (χ1) is 9.86. The predicted molar refractivity (Wildman–Crippen MR) is 87.6 cm³/mol. The highest BCUT2D eigenvalue weighted by Crippen LogP contribution is 2.32. The zero-order valence-corrected chi connectivity index (χ0v) is 12.8. The van der Waals surface area contributed by atoms with Crippen LogP contribution in [0.1, 0.15) is 29.7 Å². The minimum absolute atomic E-state index is 0.660. The molecule has 1 N–H and O–H groups in total. The first kappa shape index (κ1) is 13.7. The molecule has 1 aliphatic rings. The molecule has 0 bridgehead atoms. The van der Waals surface area contributed by atoms with E-state index in [1.807, 2.05) is 11.3 Å². The summed E-state index contributed by atoms with van der Waals surface area (Å²) in [4.78, 5) is 4.03. The molecular weight excluding hydrogens is 264 g/mol. The molecule has 2 nitrogen and oxygen atoms in total. The van der Waals surface area contributed by atoms with Gasteiger partial charge in [0.15, 0.2) is 0 Å². The van der Waals surface area contributed by atoms with Crippen molar-refractivity contribution in [3.05, 3.63) is 52.2 Å². The van der Waals surface area contributed by atoms with Crippen LogP contribution < -0.4 is 5.32 Å². The van der Waals surface area contributed by atoms with Crippen molar-refractivity contribution < 1.29 is 0 Å². The van der Waals surface area contributed by atoms with Gasteiger partial charge in [0.1, 0.15) is 0 Å². The first-order valence-corrected chi connectivity index (χ1v) is 8.32. The number of likely N-dealkylation sites (N-methyl/N-ethyl adjacent to an activating group) is 1. The molecule has 1 aromatic carbocycles. The zero-order valence-electron chi connectivity index (χ0n) is 12.0. The Balaban J connectivity index is 1.70. The van der Waals surface area contributed by atoms with Gasteiger partial charge >= 0.3 is 0 Å². The molecule has 106 valence electrons. The molecule has 0 radical (unpaired) electrons. The third-order valence-corrected chi connectivity index (χ3v) is 4.96. The molecule has 3 heteroatoms. The Morgan fingerprint density at radius 2 is 2.15 bits per heavy atom. The van der Waals surface area contributed by atoms with Gasteiger partial charge in [0.05, 0.1) is 0 Å². The SMILES string of the molecule is CCN(Cc1cccs1)CC1CCNc2ccccc21. The van der Waals surface area contributed by atoms with Crippen molar-refractivity contribution in [1.82, 2.24) is 4.90 Å². The number of nitrogens with one attached hydrogen (secondary N) is 1. The lowest BCUT2D eigenvalue weighted by Crippen LogP contribution is -2.31. The summed E-state index contributed by atoms with van der Waals surface area (Å²) >= 11 is 1.86. The molecule has 0 saturated heterocycles. The highest BCUT2D eigenvalue weighted by molar-refractivity contribution is 7.09. The van der Waals surface area contributed by atoms with Gasteiger partial charge in [0, 0.05) is 36.1 Å². The minimum Gasteiger partial charge on any atom is -0.385 e. The minimum atomic E-state index is 0.660. The van der Waals surface area contributed by atoms with Crippen LogP contribution in [0.4, 0.5) is 5.69 Å². The highest BCUT2D eigenvalue weighted by Gasteiger charge is 2.21. The topological polar surface area (TPSA) is 15.3 Å². The second-order valence-corrected chi connectivity index (χ2v) is 6.44. The molecule has 0 fully saturated rings. The molecule has 1 aliphatic heterocycles. The second-order valence-electron chi connectivity index (χ2n) is 5.41. The van der Waals surface area contributed by atoms with Crippen LogP contribution in [-0.4, -0.2) is 24.5 Å². The standard InChI is InChI=1S/C17H22N2S/c1-2-19(13-15-6-5-11-20-15)12-14-9-10-18-17-8-4-3-7-16(14)17/h3-8,11,14,18H,2,9-10,12-13H2,1H3. The van der Waals surface area contributed by atoms with Crippen LogP contribution in [0.15, 0.2) is 41.8 Å². The summed E-state index contributed by atoms with van der Waals surface area (Å²) in [5.41, 5.74) is 2.82. The van der Waals surface area contributed by atoms with Gasteiger partial charge in [-0.05, 0) is 36.0 Å². The van der Waals surface area contributed by atoms with Crippen LogP contribution in [0.3, 0.4) is 0 Å². The molecule has 1 atom stereocenters. The molecule has 2 aromatic rings. The number of rotatable bonds is 5. The maximum Gasteiger partial charge on any atom is 0.0376 e. The number of thiophene rings is 1. The van der Waals surface area contributed by atoms with E-state index in [9.17, 15) is 0 Å². The molecule has 0 spiro atoms. The van der Waals surface area contributed by atoms with Crippen LogP contribution in [0.25, 0.3) is 0 Å². The molecule has 0 saturated carbocycles. The van der Waals surface area contributed by atoms with Crippen molar-refractivity contribution in [3.8, 4) is 0 Å². The molecule has 3 rings (SSSR count). The van der Waals surface area contributed by atoms with Gasteiger partial charge in [-0.2, -0.15) is 0 Å². The fourth-order valence-electron chi connectivity index (χ4n) is 2.98. The Bertz CT molecular complexity index is 536. The van der Waals surface area contributed by atoms with Gasteiger partial charge in [-0.15, -0.1) is 11.3 Å². The monoisotopic (exact) mass is 286 g/mol. The van der Waals surface area contributed by atoms with Gasteiger partial charge in [0.2, 0.25) is 0 Å². The summed E-state index contributed by atoms with van der Waals surface area (Å²) < 4.78 is 0. The first-order valence-electron chi connectivity index (χ1n) is 7.44. The van der Waals surface area contributed by atoms with E-state index >= 15 is 0 Å². The van der Waals surface area contributed by atoms with Crippen LogP contribution >= 0.6 is 11.3 Å². The van der Waals surface area contributed by atoms with Gasteiger partial charge < -0.3 is 5.32 Å². The van der Waals surface area contributed by atoms with E-state index in [0.717, 1.165) is 26.2 Å². The smallest absolute Gasteiger partial charge is 0.0376 e. The van der Waals surface area contributed by atoms with Crippen LogP contribution in [0, 0.1) is 0 Å². The van der Waals surface area contributed by atoms with E-state index in [1.165, 1.54) is 22.5 Å². The summed E-state index contributed by atoms with van der Waals surface area (Å²) in [5.74, 6) is 0.660. The number of fused-ring (bicyclic) bond motifs is 1. The Kier molecular flexibility index (Phi) is 4.38. The average molecular weight is 286 g/mol. The van der Waals surface area contributed by atoms with E-state index in [-0.39, 0.29) is 0 Å². The van der Waals surface area contributed by atoms with Crippen LogP contribution in [0.2, 0.25) is 0 Å². The quantitative estimate of drug-likeness (QED) is 0.887. The molecule has 0 amide bonds. The molecule has 1 unspecified atom stereocenters. The predicted octanol–water partition coefficient (Wildman–Crippen LogP) is 4.17. The number of hydrogen-bond donors (Lipinski definition) is 1. The lowest BCUT2D eigenvalue weighted by atomic mass is 9.90. The number of benzene rings is 1. The number of anilines is 1. The molecular formula is C17H22N2S. The summed E-state index contributed by atoms with van der Waals surface area (Å²) in [6.45, 7) is 6.72. The largest absolute Gasteiger partial charge is 0.385 e. The summed E-state index contributed by atoms with van der Waals surface area (Å²) in [5, 5.41) is 5.68. The normalized spacial score (nSPS) is 17.8. The zero-order chi connectivity index (χ0) is 13.8. The van der Waals surface area contributed by atoms with Gasteiger partial charge in [-0.3, -0.25) is 4.90 Å². The Morgan fingerprint density at radius 3 is 2.95 bits per heavy atom. The van der Waals surface area contributed by atoms with Gasteiger partial charge in [-0.1, -0.05) is 31.2 Å².